The van der Waals surface area contributed by atoms with E-state index in [9.17, 15) is 13.2 Å². The molecule has 2 saturated heterocycles. The van der Waals surface area contributed by atoms with Crippen LogP contribution in [0.3, 0.4) is 0 Å². The smallest absolute Gasteiger partial charge is 0.308 e. The molecule has 0 saturated carbocycles. The molecule has 0 aromatic carbocycles. The number of ether oxygens (including phenoxy) is 1. The van der Waals surface area contributed by atoms with Crippen molar-refractivity contribution in [2.75, 3.05) is 46.4 Å². The van der Waals surface area contributed by atoms with Gasteiger partial charge in [-0.1, -0.05) is 13.8 Å². The average molecular weight is 376 g/mol. The van der Waals surface area contributed by atoms with Gasteiger partial charge in [-0.05, 0) is 57.2 Å². The summed E-state index contributed by atoms with van der Waals surface area (Å²) in [5.41, 5.74) is 0. The third-order valence-corrected chi connectivity index (χ3v) is 6.78. The lowest BCUT2D eigenvalue weighted by molar-refractivity contribution is -0.147. The van der Waals surface area contributed by atoms with Crippen molar-refractivity contribution >= 4 is 16.2 Å². The maximum absolute atomic E-state index is 12.4. The van der Waals surface area contributed by atoms with E-state index in [2.05, 4.69) is 23.5 Å². The van der Waals surface area contributed by atoms with Crippen molar-refractivity contribution in [3.05, 3.63) is 0 Å². The van der Waals surface area contributed by atoms with E-state index in [1.165, 1.54) is 7.11 Å². The van der Waals surface area contributed by atoms with Gasteiger partial charge in [0.05, 0.1) is 13.0 Å². The van der Waals surface area contributed by atoms with Crippen LogP contribution in [0.5, 0.6) is 0 Å². The van der Waals surface area contributed by atoms with Crippen molar-refractivity contribution < 1.29 is 17.9 Å². The van der Waals surface area contributed by atoms with Gasteiger partial charge in [0.15, 0.2) is 0 Å². The number of nitrogens with zero attached hydrogens (tertiary/aromatic N) is 2. The third-order valence-electron chi connectivity index (χ3n) is 5.23. The zero-order valence-electron chi connectivity index (χ0n) is 15.7. The van der Waals surface area contributed by atoms with Crippen LogP contribution in [0.2, 0.25) is 0 Å². The Morgan fingerprint density at radius 3 is 2.32 bits per heavy atom. The summed E-state index contributed by atoms with van der Waals surface area (Å²) in [4.78, 5) is 13.8. The fraction of sp³-hybridized carbons (Fsp3) is 0.941. The molecule has 7 nitrogen and oxygen atoms in total. The number of hydrogen-bond donors (Lipinski definition) is 1. The second-order valence-electron chi connectivity index (χ2n) is 7.66. The Morgan fingerprint density at radius 1 is 1.16 bits per heavy atom. The number of hydrogen-bond acceptors (Lipinski definition) is 5. The fourth-order valence-corrected chi connectivity index (χ4v) is 5.44. The van der Waals surface area contributed by atoms with E-state index in [-0.39, 0.29) is 11.9 Å². The minimum atomic E-state index is -3.37. The van der Waals surface area contributed by atoms with Gasteiger partial charge in [-0.15, -0.1) is 0 Å². The lowest BCUT2D eigenvalue weighted by atomic mass is 9.94. The van der Waals surface area contributed by atoms with E-state index in [0.29, 0.717) is 31.5 Å². The molecule has 8 heteroatoms. The highest BCUT2D eigenvalue weighted by Crippen LogP contribution is 2.22. The van der Waals surface area contributed by atoms with Crippen molar-refractivity contribution in [1.82, 2.24) is 13.9 Å². The number of likely N-dealkylation sites (tertiary alicyclic amines) is 1. The summed E-state index contributed by atoms with van der Waals surface area (Å²) in [5.74, 6) is 0.730. The van der Waals surface area contributed by atoms with Crippen LogP contribution < -0.4 is 4.72 Å². The molecule has 0 aromatic heterocycles. The molecule has 0 unspecified atom stereocenters. The Kier molecular flexibility index (Phi) is 7.67. The summed E-state index contributed by atoms with van der Waals surface area (Å²) >= 11 is 0. The second kappa shape index (κ2) is 9.30. The zero-order chi connectivity index (χ0) is 18.4. The summed E-state index contributed by atoms with van der Waals surface area (Å²) in [6, 6.07) is 0. The Balaban J connectivity index is 1.66. The van der Waals surface area contributed by atoms with Crippen molar-refractivity contribution in [1.29, 1.82) is 0 Å². The summed E-state index contributed by atoms with van der Waals surface area (Å²) in [6.45, 7) is 8.48. The molecule has 2 rings (SSSR count). The number of piperidine rings is 2. The molecule has 146 valence electrons. The van der Waals surface area contributed by atoms with Crippen LogP contribution in [0.4, 0.5) is 0 Å². The molecule has 1 N–H and O–H groups in total. The van der Waals surface area contributed by atoms with E-state index in [1.807, 2.05) is 0 Å². The monoisotopic (exact) mass is 375 g/mol. The van der Waals surface area contributed by atoms with Crippen molar-refractivity contribution in [3.8, 4) is 0 Å². The molecule has 2 heterocycles. The van der Waals surface area contributed by atoms with Crippen LogP contribution in [0.25, 0.3) is 0 Å². The number of methoxy groups -OCH3 is 1. The number of carbonyl (C=O) groups excluding carboxylic acids is 1. The molecule has 0 aromatic rings. The Morgan fingerprint density at radius 2 is 1.76 bits per heavy atom. The van der Waals surface area contributed by atoms with Gasteiger partial charge in [0, 0.05) is 19.6 Å². The first kappa shape index (κ1) is 20.6. The number of carbonyl (C=O) groups is 1. The lowest BCUT2D eigenvalue weighted by Gasteiger charge is -2.34. The normalized spacial score (nSPS) is 27.3. The molecule has 0 radical (unpaired) electrons. The largest absolute Gasteiger partial charge is 0.469 e. The number of rotatable bonds is 7. The van der Waals surface area contributed by atoms with Gasteiger partial charge in [-0.25, -0.2) is 4.72 Å². The van der Waals surface area contributed by atoms with E-state index in [0.717, 1.165) is 45.3 Å². The summed E-state index contributed by atoms with van der Waals surface area (Å²) in [6.07, 6.45) is 3.51. The van der Waals surface area contributed by atoms with E-state index >= 15 is 0 Å². The first-order valence-electron chi connectivity index (χ1n) is 9.36. The maximum atomic E-state index is 12.4. The van der Waals surface area contributed by atoms with E-state index < -0.39 is 10.2 Å². The van der Waals surface area contributed by atoms with Crippen LogP contribution in [-0.4, -0.2) is 70.0 Å². The minimum Gasteiger partial charge on any atom is -0.469 e. The SMILES string of the molecule is COC(=O)C1CCN(CCCNS(=O)(=O)N2C[C@@H](C)C[C@H](C)C2)CC1. The molecule has 2 aliphatic heterocycles. The van der Waals surface area contributed by atoms with Gasteiger partial charge < -0.3 is 9.64 Å². The predicted octanol–water partition coefficient (Wildman–Crippen LogP) is 1.07. The molecule has 0 bridgehead atoms. The van der Waals surface area contributed by atoms with Gasteiger partial charge in [-0.3, -0.25) is 4.79 Å². The zero-order valence-corrected chi connectivity index (χ0v) is 16.6. The van der Waals surface area contributed by atoms with Crippen LogP contribution >= 0.6 is 0 Å². The second-order valence-corrected chi connectivity index (χ2v) is 9.41. The molecule has 25 heavy (non-hydrogen) atoms. The fourth-order valence-electron chi connectivity index (χ4n) is 3.96. The number of esters is 1. The molecule has 2 atom stereocenters. The van der Waals surface area contributed by atoms with E-state index in [4.69, 9.17) is 4.74 Å². The standard InChI is InChI=1S/C17H33N3O4S/c1-14-11-15(2)13-20(12-14)25(22,23)18-7-4-8-19-9-5-16(6-10-19)17(21)24-3/h14-16,18H,4-13H2,1-3H3/t14-,15-/m0/s1. The molecule has 0 aliphatic carbocycles. The summed E-state index contributed by atoms with van der Waals surface area (Å²) in [7, 11) is -1.94. The van der Waals surface area contributed by atoms with E-state index in [1.54, 1.807) is 4.31 Å². The summed E-state index contributed by atoms with van der Waals surface area (Å²) in [5, 5.41) is 0. The topological polar surface area (TPSA) is 79.0 Å². The molecule has 0 spiro atoms. The highest BCUT2D eigenvalue weighted by atomic mass is 32.2. The van der Waals surface area contributed by atoms with Crippen LogP contribution in [-0.2, 0) is 19.7 Å². The molecular weight excluding hydrogens is 342 g/mol. The van der Waals surface area contributed by atoms with Crippen LogP contribution in [0.1, 0.15) is 39.5 Å². The first-order valence-corrected chi connectivity index (χ1v) is 10.8. The summed E-state index contributed by atoms with van der Waals surface area (Å²) < 4.78 is 34.0. The highest BCUT2D eigenvalue weighted by Gasteiger charge is 2.30. The van der Waals surface area contributed by atoms with Crippen molar-refractivity contribution in [2.24, 2.45) is 17.8 Å². The van der Waals surface area contributed by atoms with Crippen molar-refractivity contribution in [3.63, 3.8) is 0 Å². The lowest BCUT2D eigenvalue weighted by Crippen LogP contribution is -2.48. The predicted molar refractivity (Wildman–Crippen MR) is 97.2 cm³/mol. The quantitative estimate of drug-likeness (QED) is 0.532. The minimum absolute atomic E-state index is 0.0165. The first-order chi connectivity index (χ1) is 11.8. The van der Waals surface area contributed by atoms with Crippen LogP contribution in [0.15, 0.2) is 0 Å². The molecular formula is C17H33N3O4S. The Hall–Kier alpha value is -0.700. The third kappa shape index (κ3) is 6.20. The maximum Gasteiger partial charge on any atom is 0.308 e. The van der Waals surface area contributed by atoms with Gasteiger partial charge in [-0.2, -0.15) is 12.7 Å². The Labute approximate surface area is 152 Å². The number of nitrogens with one attached hydrogen (secondary N) is 1. The molecule has 2 fully saturated rings. The average Bonchev–Trinajstić information content (AvgIpc) is 2.58. The van der Waals surface area contributed by atoms with Crippen LogP contribution in [0, 0.1) is 17.8 Å². The van der Waals surface area contributed by atoms with Gasteiger partial charge in [0.2, 0.25) is 0 Å². The van der Waals surface area contributed by atoms with Gasteiger partial charge in [0.1, 0.15) is 0 Å². The Bertz CT molecular complexity index is 522. The highest BCUT2D eigenvalue weighted by molar-refractivity contribution is 7.87. The molecule has 0 amide bonds. The van der Waals surface area contributed by atoms with Gasteiger partial charge >= 0.3 is 5.97 Å². The van der Waals surface area contributed by atoms with Crippen molar-refractivity contribution in [2.45, 2.75) is 39.5 Å². The van der Waals surface area contributed by atoms with Gasteiger partial charge in [0.25, 0.3) is 10.2 Å². The molecule has 2 aliphatic rings.